The molecule has 1 aromatic carbocycles. The number of benzene rings is 1. The summed E-state index contributed by atoms with van der Waals surface area (Å²) in [6, 6.07) is 2.74. The predicted octanol–water partition coefficient (Wildman–Crippen LogP) is 6.15. The van der Waals surface area contributed by atoms with Crippen molar-refractivity contribution in [3.8, 4) is 11.1 Å². The number of carbonyl (C=O) groups is 2. The average molecular weight is 556 g/mol. The van der Waals surface area contributed by atoms with E-state index < -0.39 is 35.4 Å². The molecule has 14 heteroatoms. The number of aliphatic carboxylic acids is 1. The van der Waals surface area contributed by atoms with Gasteiger partial charge in [0.1, 0.15) is 4.32 Å². The molecular formula is C21H15F6NO4S3. The Morgan fingerprint density at radius 1 is 1.03 bits per heavy atom. The monoisotopic (exact) mass is 555 g/mol. The highest BCUT2D eigenvalue weighted by atomic mass is 32.2. The van der Waals surface area contributed by atoms with Crippen molar-refractivity contribution in [1.29, 1.82) is 0 Å². The minimum Gasteiger partial charge on any atom is -0.481 e. The molecule has 1 aliphatic heterocycles. The molecule has 3 rings (SSSR count). The molecule has 5 nitrogen and oxygen atoms in total. The van der Waals surface area contributed by atoms with Gasteiger partial charge in [-0.1, -0.05) is 24.0 Å². The smallest absolute Gasteiger partial charge is 0.416 e. The number of thiocarbonyl (C=S) groups is 1. The molecule has 0 unspecified atom stereocenters. The summed E-state index contributed by atoms with van der Waals surface area (Å²) in [5.74, 6) is -1.45. The first kappa shape index (κ1) is 27.2. The van der Waals surface area contributed by atoms with Gasteiger partial charge in [-0.25, -0.2) is 0 Å². The minimum absolute atomic E-state index is 0.0243. The number of thioether (sulfide) groups is 1. The highest BCUT2D eigenvalue weighted by Gasteiger charge is 2.37. The van der Waals surface area contributed by atoms with Crippen LogP contribution in [0.5, 0.6) is 0 Å². The Hall–Kier alpha value is -2.42. The lowest BCUT2D eigenvalue weighted by molar-refractivity contribution is -0.143. The molecule has 188 valence electrons. The maximum atomic E-state index is 13.1. The van der Waals surface area contributed by atoms with Gasteiger partial charge in [0.25, 0.3) is 5.91 Å². The van der Waals surface area contributed by atoms with Crippen LogP contribution in [0.25, 0.3) is 17.2 Å². The maximum Gasteiger partial charge on any atom is 0.416 e. The van der Waals surface area contributed by atoms with Gasteiger partial charge in [-0.3, -0.25) is 14.5 Å². The van der Waals surface area contributed by atoms with Crippen molar-refractivity contribution in [2.45, 2.75) is 18.8 Å². The quantitative estimate of drug-likeness (QED) is 0.183. The van der Waals surface area contributed by atoms with Crippen molar-refractivity contribution in [2.75, 3.05) is 19.8 Å². The lowest BCUT2D eigenvalue weighted by atomic mass is 10.0. The second-order valence-corrected chi connectivity index (χ2v) is 9.74. The van der Waals surface area contributed by atoms with Gasteiger partial charge in [-0.05, 0) is 46.8 Å². The number of carboxylic acid groups (broad SMARTS) is 1. The summed E-state index contributed by atoms with van der Waals surface area (Å²) in [4.78, 5) is 25.0. The third-order valence-corrected chi connectivity index (χ3v) is 6.86. The number of hydrogen-bond acceptors (Lipinski definition) is 6. The average Bonchev–Trinajstić information content (AvgIpc) is 3.31. The highest BCUT2D eigenvalue weighted by Crippen LogP contribution is 2.40. The second kappa shape index (κ2) is 10.7. The van der Waals surface area contributed by atoms with Crippen LogP contribution in [0.15, 0.2) is 34.6 Å². The van der Waals surface area contributed by atoms with E-state index in [0.717, 1.165) is 23.1 Å². The van der Waals surface area contributed by atoms with E-state index in [4.69, 9.17) is 22.1 Å². The molecule has 1 saturated heterocycles. The Balaban J connectivity index is 1.78. The topological polar surface area (TPSA) is 66.8 Å². The van der Waals surface area contributed by atoms with Crippen LogP contribution in [0.1, 0.15) is 22.4 Å². The van der Waals surface area contributed by atoms with Crippen LogP contribution < -0.4 is 0 Å². The number of carbonyl (C=O) groups excluding carboxylic acids is 1. The first-order valence-electron chi connectivity index (χ1n) is 9.69. The summed E-state index contributed by atoms with van der Waals surface area (Å²) in [5.41, 5.74) is -2.95. The van der Waals surface area contributed by atoms with E-state index in [0.29, 0.717) is 17.0 Å². The summed E-state index contributed by atoms with van der Waals surface area (Å²) in [5, 5.41) is 9.98. The van der Waals surface area contributed by atoms with E-state index in [-0.39, 0.29) is 52.6 Å². The number of halogens is 6. The van der Waals surface area contributed by atoms with Crippen LogP contribution in [0.3, 0.4) is 0 Å². The highest BCUT2D eigenvalue weighted by molar-refractivity contribution is 8.26. The minimum atomic E-state index is -4.96. The van der Waals surface area contributed by atoms with Crippen LogP contribution in [0.4, 0.5) is 26.3 Å². The van der Waals surface area contributed by atoms with Crippen LogP contribution in [-0.2, 0) is 26.7 Å². The maximum absolute atomic E-state index is 13.1. The van der Waals surface area contributed by atoms with E-state index in [1.165, 1.54) is 22.4 Å². The van der Waals surface area contributed by atoms with Crippen LogP contribution in [0.2, 0.25) is 0 Å². The lowest BCUT2D eigenvalue weighted by Gasteiger charge is -2.14. The zero-order chi connectivity index (χ0) is 26.0. The summed E-state index contributed by atoms with van der Waals surface area (Å²) < 4.78 is 84.3. The van der Waals surface area contributed by atoms with Gasteiger partial charge in [0.05, 0.1) is 42.2 Å². The fourth-order valence-corrected chi connectivity index (χ4v) is 5.16. The Bertz CT molecular complexity index is 1140. The fourth-order valence-electron chi connectivity index (χ4n) is 2.94. The van der Waals surface area contributed by atoms with Crippen LogP contribution in [0, 0.1) is 0 Å². The van der Waals surface area contributed by atoms with Crippen molar-refractivity contribution < 1.29 is 45.8 Å². The van der Waals surface area contributed by atoms with E-state index >= 15 is 0 Å². The van der Waals surface area contributed by atoms with Gasteiger partial charge in [0.15, 0.2) is 0 Å². The van der Waals surface area contributed by atoms with E-state index in [1.54, 1.807) is 0 Å². The second-order valence-electron chi connectivity index (χ2n) is 7.12. The number of rotatable bonds is 8. The Labute approximate surface area is 208 Å². The standard InChI is InChI=1S/C21H15F6NO4S3/c22-20(23,24)13-5-11(6-14(8-13)21(25,26)27)12-7-15(34-10-12)9-16-18(31)28(19(33)35-16)2-4-32-3-1-17(29)30/h5-10H,1-4H2,(H,29,30)/b16-9-. The van der Waals surface area contributed by atoms with E-state index in [2.05, 4.69) is 0 Å². The molecule has 0 spiro atoms. The summed E-state index contributed by atoms with van der Waals surface area (Å²) in [6.45, 7) is 0.137. The molecule has 0 radical (unpaired) electrons. The van der Waals surface area contributed by atoms with Gasteiger partial charge < -0.3 is 9.84 Å². The molecule has 1 fully saturated rings. The Morgan fingerprint density at radius 2 is 1.66 bits per heavy atom. The molecular weight excluding hydrogens is 540 g/mol. The number of carboxylic acids is 1. The van der Waals surface area contributed by atoms with Gasteiger partial charge in [0.2, 0.25) is 0 Å². The van der Waals surface area contributed by atoms with Crippen molar-refractivity contribution in [1.82, 2.24) is 4.90 Å². The number of alkyl halides is 6. The molecule has 2 heterocycles. The number of nitrogens with zero attached hydrogens (tertiary/aromatic N) is 1. The number of amides is 1. The number of ether oxygens (including phenoxy) is 1. The van der Waals surface area contributed by atoms with Crippen LogP contribution in [-0.4, -0.2) is 46.0 Å². The van der Waals surface area contributed by atoms with Crippen molar-refractivity contribution in [3.05, 3.63) is 50.6 Å². The first-order chi connectivity index (χ1) is 16.3. The van der Waals surface area contributed by atoms with Gasteiger partial charge in [-0.15, -0.1) is 11.3 Å². The zero-order valence-electron chi connectivity index (χ0n) is 17.4. The molecule has 1 N–H and O–H groups in total. The van der Waals surface area contributed by atoms with Crippen molar-refractivity contribution >= 4 is 57.6 Å². The Morgan fingerprint density at radius 3 is 2.23 bits per heavy atom. The molecule has 0 atom stereocenters. The normalized spacial score (nSPS) is 15.9. The summed E-state index contributed by atoms with van der Waals surface area (Å²) >= 11 is 7.21. The van der Waals surface area contributed by atoms with Gasteiger partial charge in [-0.2, -0.15) is 26.3 Å². The summed E-state index contributed by atoms with van der Waals surface area (Å²) in [6.07, 6.45) is -8.65. The molecule has 0 saturated carbocycles. The SMILES string of the molecule is O=C(O)CCOCCN1C(=O)/C(=C/c2cc(-c3cc(C(F)(F)F)cc(C(F)(F)F)c3)cs2)SC1=S. The van der Waals surface area contributed by atoms with Crippen molar-refractivity contribution in [2.24, 2.45) is 0 Å². The largest absolute Gasteiger partial charge is 0.481 e. The molecule has 1 amide bonds. The molecule has 35 heavy (non-hydrogen) atoms. The molecule has 1 aromatic heterocycles. The molecule has 0 aliphatic carbocycles. The van der Waals surface area contributed by atoms with Gasteiger partial charge in [0, 0.05) is 4.88 Å². The molecule has 0 bridgehead atoms. The number of thiophene rings is 1. The molecule has 1 aliphatic rings. The summed E-state index contributed by atoms with van der Waals surface area (Å²) in [7, 11) is 0. The zero-order valence-corrected chi connectivity index (χ0v) is 19.9. The number of hydrogen-bond donors (Lipinski definition) is 1. The third-order valence-electron chi connectivity index (χ3n) is 4.61. The fraction of sp³-hybridized carbons (Fsp3) is 0.286. The third kappa shape index (κ3) is 7.06. The van der Waals surface area contributed by atoms with Crippen LogP contribution >= 0.6 is 35.3 Å². The Kier molecular flexibility index (Phi) is 8.29. The van der Waals surface area contributed by atoms with Crippen molar-refractivity contribution in [3.63, 3.8) is 0 Å². The first-order valence-corrected chi connectivity index (χ1v) is 11.8. The molecule has 2 aromatic rings. The van der Waals surface area contributed by atoms with E-state index in [1.807, 2.05) is 0 Å². The van der Waals surface area contributed by atoms with Gasteiger partial charge >= 0.3 is 18.3 Å². The van der Waals surface area contributed by atoms with E-state index in [9.17, 15) is 35.9 Å². The predicted molar refractivity (Wildman–Crippen MR) is 123 cm³/mol. The lowest BCUT2D eigenvalue weighted by Crippen LogP contribution is -2.31.